The van der Waals surface area contributed by atoms with E-state index in [1.54, 1.807) is 0 Å². The molecular weight excluding hydrogens is 228 g/mol. The second-order valence-corrected chi connectivity index (χ2v) is 5.17. The highest BCUT2D eigenvalue weighted by atomic mass is 16.2. The van der Waals surface area contributed by atoms with Crippen molar-refractivity contribution in [3.8, 4) is 0 Å². The van der Waals surface area contributed by atoms with Gasteiger partial charge < -0.3 is 10.6 Å². The Balaban J connectivity index is 2.08. The summed E-state index contributed by atoms with van der Waals surface area (Å²) in [4.78, 5) is 12.5. The van der Waals surface area contributed by atoms with Gasteiger partial charge in [0.05, 0.1) is 5.41 Å². The first-order chi connectivity index (χ1) is 8.66. The van der Waals surface area contributed by atoms with Crippen molar-refractivity contribution >= 4 is 11.7 Å². The summed E-state index contributed by atoms with van der Waals surface area (Å²) in [6.07, 6.45) is 3.81. The van der Waals surface area contributed by atoms with Gasteiger partial charge in [0.25, 0.3) is 0 Å². The Morgan fingerprint density at radius 1 is 1.50 bits per heavy atom. The van der Waals surface area contributed by atoms with Crippen LogP contribution >= 0.6 is 0 Å². The monoisotopic (exact) mass is 250 g/mol. The fourth-order valence-corrected chi connectivity index (χ4v) is 2.71. The Hall–Kier alpha value is -1.36. The first-order valence-electron chi connectivity index (χ1n) is 6.70. The van der Waals surface area contributed by atoms with E-state index in [4.69, 9.17) is 0 Å². The number of anilines is 1. The normalized spacial score (nSPS) is 18.6. The maximum Gasteiger partial charge on any atom is 0.231 e. The zero-order chi connectivity index (χ0) is 13.0. The predicted molar refractivity (Wildman–Crippen MR) is 71.4 cm³/mol. The highest BCUT2D eigenvalue weighted by Gasteiger charge is 2.38. The number of carbonyl (C=O) groups is 1. The third-order valence-electron chi connectivity index (χ3n) is 3.72. The lowest BCUT2D eigenvalue weighted by molar-refractivity contribution is -0.127. The molecule has 5 heteroatoms. The van der Waals surface area contributed by atoms with Crippen LogP contribution < -0.4 is 10.6 Å². The topological polar surface area (TPSA) is 69.8 Å². The van der Waals surface area contributed by atoms with Crippen LogP contribution in [0.2, 0.25) is 0 Å². The van der Waals surface area contributed by atoms with Gasteiger partial charge >= 0.3 is 0 Å². The van der Waals surface area contributed by atoms with Gasteiger partial charge in [-0.25, -0.2) is 0 Å². The molecule has 0 unspecified atom stereocenters. The van der Waals surface area contributed by atoms with E-state index >= 15 is 0 Å². The lowest BCUT2D eigenvalue weighted by Crippen LogP contribution is -2.44. The van der Waals surface area contributed by atoms with E-state index in [1.807, 2.05) is 13.0 Å². The minimum Gasteiger partial charge on any atom is -0.317 e. The number of aromatic amines is 1. The van der Waals surface area contributed by atoms with Gasteiger partial charge in [-0.1, -0.05) is 13.3 Å². The maximum atomic E-state index is 12.5. The number of hydrogen-bond acceptors (Lipinski definition) is 3. The van der Waals surface area contributed by atoms with E-state index in [1.165, 1.54) is 0 Å². The summed E-state index contributed by atoms with van der Waals surface area (Å²) in [5, 5.41) is 13.2. The van der Waals surface area contributed by atoms with E-state index in [2.05, 4.69) is 27.8 Å². The van der Waals surface area contributed by atoms with Crippen LogP contribution in [0.25, 0.3) is 0 Å². The Bertz CT molecular complexity index is 401. The van der Waals surface area contributed by atoms with Crippen molar-refractivity contribution in [3.63, 3.8) is 0 Å². The highest BCUT2D eigenvalue weighted by Crippen LogP contribution is 2.35. The van der Waals surface area contributed by atoms with Crippen LogP contribution in [0.3, 0.4) is 0 Å². The zero-order valence-electron chi connectivity index (χ0n) is 11.2. The van der Waals surface area contributed by atoms with Gasteiger partial charge in [0.2, 0.25) is 5.91 Å². The van der Waals surface area contributed by atoms with Crippen LogP contribution in [0.15, 0.2) is 6.07 Å². The molecule has 1 aromatic rings. The van der Waals surface area contributed by atoms with Gasteiger partial charge in [0, 0.05) is 11.8 Å². The first kappa shape index (κ1) is 13.1. The second kappa shape index (κ2) is 5.52. The van der Waals surface area contributed by atoms with Crippen LogP contribution in [-0.2, 0) is 4.79 Å². The number of nitrogens with one attached hydrogen (secondary N) is 3. The van der Waals surface area contributed by atoms with E-state index in [0.29, 0.717) is 5.82 Å². The SMILES string of the molecule is CCCC1(C(=O)Nc2cc(C)[nH]n2)CCNCC1. The molecule has 0 aromatic carbocycles. The fourth-order valence-electron chi connectivity index (χ4n) is 2.71. The molecule has 0 bridgehead atoms. The zero-order valence-corrected chi connectivity index (χ0v) is 11.2. The summed E-state index contributed by atoms with van der Waals surface area (Å²) in [6, 6.07) is 1.86. The lowest BCUT2D eigenvalue weighted by atomic mass is 9.74. The third kappa shape index (κ3) is 2.72. The van der Waals surface area contributed by atoms with Crippen LogP contribution in [0, 0.1) is 12.3 Å². The predicted octanol–water partition coefficient (Wildman–Crippen LogP) is 1.83. The van der Waals surface area contributed by atoms with E-state index in [0.717, 1.165) is 44.5 Å². The number of hydrogen-bond donors (Lipinski definition) is 3. The van der Waals surface area contributed by atoms with Crippen molar-refractivity contribution < 1.29 is 4.79 Å². The Labute approximate surface area is 108 Å². The third-order valence-corrected chi connectivity index (χ3v) is 3.72. The first-order valence-corrected chi connectivity index (χ1v) is 6.70. The van der Waals surface area contributed by atoms with E-state index in [-0.39, 0.29) is 11.3 Å². The van der Waals surface area contributed by atoms with Gasteiger partial charge in [-0.3, -0.25) is 9.89 Å². The number of carbonyl (C=O) groups excluding carboxylic acids is 1. The second-order valence-electron chi connectivity index (χ2n) is 5.17. The average Bonchev–Trinajstić information content (AvgIpc) is 2.76. The summed E-state index contributed by atoms with van der Waals surface area (Å²) in [7, 11) is 0. The Morgan fingerprint density at radius 3 is 2.78 bits per heavy atom. The molecule has 0 aliphatic carbocycles. The Kier molecular flexibility index (Phi) is 4.01. The molecule has 1 amide bonds. The largest absolute Gasteiger partial charge is 0.317 e. The molecule has 1 aliphatic rings. The van der Waals surface area contributed by atoms with E-state index < -0.39 is 0 Å². The molecule has 0 atom stereocenters. The molecule has 1 aliphatic heterocycles. The van der Waals surface area contributed by atoms with Gasteiger partial charge in [-0.15, -0.1) is 0 Å². The number of aryl methyl sites for hydroxylation is 1. The molecule has 18 heavy (non-hydrogen) atoms. The van der Waals surface area contributed by atoms with Crippen molar-refractivity contribution in [3.05, 3.63) is 11.8 Å². The molecule has 0 spiro atoms. The Morgan fingerprint density at radius 2 is 2.22 bits per heavy atom. The van der Waals surface area contributed by atoms with Crippen molar-refractivity contribution in [2.45, 2.75) is 39.5 Å². The van der Waals surface area contributed by atoms with Gasteiger partial charge in [0.15, 0.2) is 5.82 Å². The molecule has 1 aromatic heterocycles. The summed E-state index contributed by atoms with van der Waals surface area (Å²) < 4.78 is 0. The van der Waals surface area contributed by atoms with Crippen LogP contribution in [-0.4, -0.2) is 29.2 Å². The summed E-state index contributed by atoms with van der Waals surface area (Å²) in [5.41, 5.74) is 0.743. The van der Waals surface area contributed by atoms with Crippen LogP contribution in [0.1, 0.15) is 38.3 Å². The van der Waals surface area contributed by atoms with Crippen molar-refractivity contribution in [1.29, 1.82) is 0 Å². The van der Waals surface area contributed by atoms with E-state index in [9.17, 15) is 4.79 Å². The van der Waals surface area contributed by atoms with Gasteiger partial charge in [0.1, 0.15) is 0 Å². The molecule has 2 rings (SSSR count). The minimum atomic E-state index is -0.215. The minimum absolute atomic E-state index is 0.123. The number of rotatable bonds is 4. The molecule has 0 radical (unpaired) electrons. The maximum absolute atomic E-state index is 12.5. The fraction of sp³-hybridized carbons (Fsp3) is 0.692. The number of amides is 1. The average molecular weight is 250 g/mol. The molecule has 0 saturated carbocycles. The smallest absolute Gasteiger partial charge is 0.231 e. The molecular formula is C13H22N4O. The van der Waals surface area contributed by atoms with Gasteiger partial charge in [-0.2, -0.15) is 5.10 Å². The number of piperidine rings is 1. The quantitative estimate of drug-likeness (QED) is 0.763. The van der Waals surface area contributed by atoms with Crippen LogP contribution in [0.5, 0.6) is 0 Å². The van der Waals surface area contributed by atoms with Crippen molar-refractivity contribution in [1.82, 2.24) is 15.5 Å². The standard InChI is InChI=1S/C13H22N4O/c1-3-4-13(5-7-14-8-6-13)12(18)15-11-9-10(2)16-17-11/h9,14H,3-8H2,1-2H3,(H2,15,16,17,18). The highest BCUT2D eigenvalue weighted by molar-refractivity contribution is 5.94. The number of nitrogens with zero attached hydrogens (tertiary/aromatic N) is 1. The van der Waals surface area contributed by atoms with Crippen LogP contribution in [0.4, 0.5) is 5.82 Å². The number of aromatic nitrogens is 2. The number of H-pyrrole nitrogens is 1. The van der Waals surface area contributed by atoms with Crippen molar-refractivity contribution in [2.75, 3.05) is 18.4 Å². The molecule has 5 nitrogen and oxygen atoms in total. The van der Waals surface area contributed by atoms with Gasteiger partial charge in [-0.05, 0) is 39.3 Å². The summed E-state index contributed by atoms with van der Waals surface area (Å²) in [6.45, 7) is 5.91. The molecule has 3 N–H and O–H groups in total. The molecule has 1 saturated heterocycles. The molecule has 100 valence electrons. The molecule has 1 fully saturated rings. The van der Waals surface area contributed by atoms with Crippen molar-refractivity contribution in [2.24, 2.45) is 5.41 Å². The molecule has 2 heterocycles. The lowest BCUT2D eigenvalue weighted by Gasteiger charge is -2.35. The summed E-state index contributed by atoms with van der Waals surface area (Å²) in [5.74, 6) is 0.754. The summed E-state index contributed by atoms with van der Waals surface area (Å²) >= 11 is 0.